The molecule has 0 bridgehead atoms. The summed E-state index contributed by atoms with van der Waals surface area (Å²) in [4.78, 5) is 4.56. The lowest BCUT2D eigenvalue weighted by Crippen LogP contribution is -2.02. The van der Waals surface area contributed by atoms with Crippen molar-refractivity contribution in [1.82, 2.24) is 4.98 Å². The van der Waals surface area contributed by atoms with E-state index < -0.39 is 6.10 Å². The molecule has 2 heterocycles. The number of aliphatic hydroxyl groups is 1. The molecule has 0 amide bonds. The van der Waals surface area contributed by atoms with E-state index in [1.165, 1.54) is 0 Å². The zero-order valence-electron chi connectivity index (χ0n) is 11.5. The van der Waals surface area contributed by atoms with Crippen molar-refractivity contribution >= 4 is 10.9 Å². The van der Waals surface area contributed by atoms with Gasteiger partial charge in [0, 0.05) is 11.8 Å². The summed E-state index contributed by atoms with van der Waals surface area (Å²) in [7, 11) is 0. The molecule has 0 saturated carbocycles. The van der Waals surface area contributed by atoms with Gasteiger partial charge >= 0.3 is 0 Å². The number of hydrogen-bond acceptors (Lipinski definition) is 3. The SMILES string of the molecule is OC(c1ccc2c(c1)CCO2)c1ccc2ccccc2n1. The van der Waals surface area contributed by atoms with Crippen molar-refractivity contribution in [2.24, 2.45) is 0 Å². The highest BCUT2D eigenvalue weighted by Gasteiger charge is 2.17. The minimum atomic E-state index is -0.708. The largest absolute Gasteiger partial charge is 0.493 e. The Labute approximate surface area is 122 Å². The Bertz CT molecular complexity index is 813. The standard InChI is InChI=1S/C18H15NO2/c20-18(14-6-8-17-13(11-14)9-10-21-17)16-7-5-12-3-1-2-4-15(12)19-16/h1-8,11,18,20H,9-10H2. The molecular weight excluding hydrogens is 262 g/mol. The zero-order chi connectivity index (χ0) is 14.2. The lowest BCUT2D eigenvalue weighted by molar-refractivity contribution is 0.215. The predicted octanol–water partition coefficient (Wildman–Crippen LogP) is 3.25. The number of pyridine rings is 1. The van der Waals surface area contributed by atoms with Gasteiger partial charge in [-0.25, -0.2) is 4.98 Å². The number of nitrogens with zero attached hydrogens (tertiary/aromatic N) is 1. The Hall–Kier alpha value is -2.39. The van der Waals surface area contributed by atoms with E-state index >= 15 is 0 Å². The predicted molar refractivity (Wildman–Crippen MR) is 81.4 cm³/mol. The molecule has 104 valence electrons. The molecule has 0 aliphatic carbocycles. The van der Waals surface area contributed by atoms with Gasteiger partial charge < -0.3 is 9.84 Å². The lowest BCUT2D eigenvalue weighted by Gasteiger charge is -2.12. The zero-order valence-corrected chi connectivity index (χ0v) is 11.5. The minimum absolute atomic E-state index is 0.674. The Morgan fingerprint density at radius 2 is 1.95 bits per heavy atom. The molecule has 1 aliphatic heterocycles. The van der Waals surface area contributed by atoms with E-state index in [9.17, 15) is 5.11 Å². The van der Waals surface area contributed by atoms with Crippen LogP contribution in [0.25, 0.3) is 10.9 Å². The number of benzene rings is 2. The first-order valence-electron chi connectivity index (χ1n) is 7.11. The van der Waals surface area contributed by atoms with Gasteiger partial charge in [-0.1, -0.05) is 30.3 Å². The number of ether oxygens (including phenoxy) is 1. The van der Waals surface area contributed by atoms with Gasteiger partial charge in [0.15, 0.2) is 0 Å². The second kappa shape index (κ2) is 4.86. The fourth-order valence-electron chi connectivity index (χ4n) is 2.78. The minimum Gasteiger partial charge on any atom is -0.493 e. The quantitative estimate of drug-likeness (QED) is 0.782. The molecular formula is C18H15NO2. The monoisotopic (exact) mass is 277 g/mol. The van der Waals surface area contributed by atoms with Crippen LogP contribution < -0.4 is 4.74 Å². The van der Waals surface area contributed by atoms with E-state index in [0.29, 0.717) is 5.69 Å². The van der Waals surface area contributed by atoms with Gasteiger partial charge in [-0.3, -0.25) is 0 Å². The van der Waals surface area contributed by atoms with Crippen molar-refractivity contribution < 1.29 is 9.84 Å². The summed E-state index contributed by atoms with van der Waals surface area (Å²) in [5.41, 5.74) is 3.60. The van der Waals surface area contributed by atoms with E-state index in [0.717, 1.165) is 40.8 Å². The summed E-state index contributed by atoms with van der Waals surface area (Å²) < 4.78 is 5.50. The van der Waals surface area contributed by atoms with Gasteiger partial charge in [0.2, 0.25) is 0 Å². The van der Waals surface area contributed by atoms with Crippen LogP contribution in [0.1, 0.15) is 22.9 Å². The molecule has 0 spiro atoms. The summed E-state index contributed by atoms with van der Waals surface area (Å²) in [5, 5.41) is 11.7. The van der Waals surface area contributed by atoms with Crippen molar-refractivity contribution in [3.05, 3.63) is 71.4 Å². The molecule has 21 heavy (non-hydrogen) atoms. The molecule has 3 heteroatoms. The summed E-state index contributed by atoms with van der Waals surface area (Å²) >= 11 is 0. The van der Waals surface area contributed by atoms with E-state index in [1.54, 1.807) is 0 Å². The van der Waals surface area contributed by atoms with Crippen molar-refractivity contribution in [3.63, 3.8) is 0 Å². The lowest BCUT2D eigenvalue weighted by atomic mass is 10.0. The average Bonchev–Trinajstić information content (AvgIpc) is 3.01. The summed E-state index contributed by atoms with van der Waals surface area (Å²) in [5.74, 6) is 0.928. The van der Waals surface area contributed by atoms with Crippen LogP contribution in [-0.2, 0) is 6.42 Å². The number of aromatic nitrogens is 1. The first-order valence-corrected chi connectivity index (χ1v) is 7.11. The molecule has 4 rings (SSSR count). The van der Waals surface area contributed by atoms with E-state index in [1.807, 2.05) is 54.6 Å². The van der Waals surface area contributed by atoms with Crippen molar-refractivity contribution in [1.29, 1.82) is 0 Å². The summed E-state index contributed by atoms with van der Waals surface area (Å²) in [6.45, 7) is 0.725. The Morgan fingerprint density at radius 1 is 1.05 bits per heavy atom. The molecule has 0 fully saturated rings. The maximum atomic E-state index is 10.6. The highest BCUT2D eigenvalue weighted by molar-refractivity contribution is 5.78. The average molecular weight is 277 g/mol. The van der Waals surface area contributed by atoms with Gasteiger partial charge in [0.1, 0.15) is 11.9 Å². The molecule has 1 N–H and O–H groups in total. The summed E-state index contributed by atoms with van der Waals surface area (Å²) in [6, 6.07) is 17.7. The van der Waals surface area contributed by atoms with E-state index in [2.05, 4.69) is 4.98 Å². The van der Waals surface area contributed by atoms with Crippen LogP contribution in [0.15, 0.2) is 54.6 Å². The van der Waals surface area contributed by atoms with Crippen molar-refractivity contribution in [3.8, 4) is 5.75 Å². The summed E-state index contributed by atoms with van der Waals surface area (Å²) in [6.07, 6.45) is 0.196. The molecule has 0 saturated heterocycles. The molecule has 2 aromatic carbocycles. The number of aliphatic hydroxyl groups excluding tert-OH is 1. The molecule has 1 aromatic heterocycles. The maximum Gasteiger partial charge on any atom is 0.122 e. The molecule has 1 atom stereocenters. The van der Waals surface area contributed by atoms with Crippen LogP contribution in [0.2, 0.25) is 0 Å². The van der Waals surface area contributed by atoms with Crippen molar-refractivity contribution in [2.45, 2.75) is 12.5 Å². The highest BCUT2D eigenvalue weighted by Crippen LogP contribution is 2.30. The Balaban J connectivity index is 1.73. The van der Waals surface area contributed by atoms with Crippen LogP contribution >= 0.6 is 0 Å². The Morgan fingerprint density at radius 3 is 2.90 bits per heavy atom. The number of fused-ring (bicyclic) bond motifs is 2. The second-order valence-electron chi connectivity index (χ2n) is 5.30. The number of hydrogen-bond donors (Lipinski definition) is 1. The molecule has 3 nitrogen and oxygen atoms in total. The third-order valence-electron chi connectivity index (χ3n) is 3.93. The molecule has 0 radical (unpaired) electrons. The first kappa shape index (κ1) is 12.4. The topological polar surface area (TPSA) is 42.4 Å². The van der Waals surface area contributed by atoms with Crippen LogP contribution in [-0.4, -0.2) is 16.7 Å². The van der Waals surface area contributed by atoms with Crippen molar-refractivity contribution in [2.75, 3.05) is 6.61 Å². The Kier molecular flexibility index (Phi) is 2.86. The van der Waals surface area contributed by atoms with Crippen LogP contribution in [0.3, 0.4) is 0 Å². The fraction of sp³-hybridized carbons (Fsp3) is 0.167. The second-order valence-corrected chi connectivity index (χ2v) is 5.30. The van der Waals surface area contributed by atoms with Crippen LogP contribution in [0.5, 0.6) is 5.75 Å². The van der Waals surface area contributed by atoms with Crippen LogP contribution in [0, 0.1) is 0 Å². The number of rotatable bonds is 2. The van der Waals surface area contributed by atoms with Gasteiger partial charge in [-0.15, -0.1) is 0 Å². The van der Waals surface area contributed by atoms with Gasteiger partial charge in [-0.05, 0) is 35.4 Å². The molecule has 1 aliphatic rings. The van der Waals surface area contributed by atoms with E-state index in [4.69, 9.17) is 4.74 Å². The highest BCUT2D eigenvalue weighted by atomic mass is 16.5. The third kappa shape index (κ3) is 2.16. The normalized spacial score (nSPS) is 14.7. The smallest absolute Gasteiger partial charge is 0.122 e. The number of para-hydroxylation sites is 1. The molecule has 3 aromatic rings. The van der Waals surface area contributed by atoms with E-state index in [-0.39, 0.29) is 0 Å². The molecule has 1 unspecified atom stereocenters. The fourth-order valence-corrected chi connectivity index (χ4v) is 2.78. The van der Waals surface area contributed by atoms with Gasteiger partial charge in [0.05, 0.1) is 17.8 Å². The third-order valence-corrected chi connectivity index (χ3v) is 3.93. The van der Waals surface area contributed by atoms with Gasteiger partial charge in [-0.2, -0.15) is 0 Å². The maximum absolute atomic E-state index is 10.6. The van der Waals surface area contributed by atoms with Gasteiger partial charge in [0.25, 0.3) is 0 Å². The van der Waals surface area contributed by atoms with Crippen LogP contribution in [0.4, 0.5) is 0 Å². The first-order chi connectivity index (χ1) is 10.3.